The number of pyridine rings is 1. The molecule has 2 amide bonds. The number of nitrogens with zero attached hydrogens (tertiary/aromatic N) is 2. The lowest BCUT2D eigenvalue weighted by molar-refractivity contribution is -0.121. The van der Waals surface area contributed by atoms with Crippen molar-refractivity contribution in [1.29, 1.82) is 0 Å². The zero-order chi connectivity index (χ0) is 20.5. The van der Waals surface area contributed by atoms with Crippen LogP contribution in [-0.4, -0.2) is 47.9 Å². The van der Waals surface area contributed by atoms with E-state index in [2.05, 4.69) is 10.3 Å². The minimum atomic E-state index is 0.0363. The maximum atomic E-state index is 12.4. The third kappa shape index (κ3) is 6.59. The summed E-state index contributed by atoms with van der Waals surface area (Å²) in [5.74, 6) is 1.35. The first-order valence-corrected chi connectivity index (χ1v) is 10.3. The first-order valence-electron chi connectivity index (χ1n) is 10.3. The fourth-order valence-corrected chi connectivity index (χ4v) is 3.42. The molecule has 1 aromatic carbocycles. The van der Waals surface area contributed by atoms with Crippen LogP contribution >= 0.6 is 0 Å². The number of carbonyl (C=O) groups is 2. The quantitative estimate of drug-likeness (QED) is 0.697. The third-order valence-corrected chi connectivity index (χ3v) is 5.24. The molecule has 6 heteroatoms. The second-order valence-electron chi connectivity index (χ2n) is 7.55. The van der Waals surface area contributed by atoms with Gasteiger partial charge in [0.05, 0.1) is 12.2 Å². The Morgan fingerprint density at radius 2 is 1.93 bits per heavy atom. The lowest BCUT2D eigenvalue weighted by atomic mass is 9.96. The predicted molar refractivity (Wildman–Crippen MR) is 112 cm³/mol. The Morgan fingerprint density at radius 3 is 2.62 bits per heavy atom. The van der Waals surface area contributed by atoms with Gasteiger partial charge in [-0.1, -0.05) is 17.7 Å². The van der Waals surface area contributed by atoms with Crippen molar-refractivity contribution in [2.75, 3.05) is 26.2 Å². The molecule has 0 spiro atoms. The minimum Gasteiger partial charge on any atom is -0.494 e. The van der Waals surface area contributed by atoms with Gasteiger partial charge in [0.15, 0.2) is 0 Å². The van der Waals surface area contributed by atoms with Crippen molar-refractivity contribution < 1.29 is 14.3 Å². The minimum absolute atomic E-state index is 0.0363. The number of nitrogens with one attached hydrogen (secondary N) is 1. The number of hydrogen-bond acceptors (Lipinski definition) is 4. The third-order valence-electron chi connectivity index (χ3n) is 5.24. The highest BCUT2D eigenvalue weighted by molar-refractivity contribution is 5.93. The number of hydrogen-bond donors (Lipinski definition) is 1. The van der Waals surface area contributed by atoms with Crippen molar-refractivity contribution >= 4 is 11.8 Å². The van der Waals surface area contributed by atoms with Crippen molar-refractivity contribution in [3.63, 3.8) is 0 Å². The highest BCUT2D eigenvalue weighted by atomic mass is 16.5. The first kappa shape index (κ1) is 20.8. The van der Waals surface area contributed by atoms with Gasteiger partial charge in [0.2, 0.25) is 5.91 Å². The zero-order valence-electron chi connectivity index (χ0n) is 17.0. The van der Waals surface area contributed by atoms with Crippen LogP contribution in [0, 0.1) is 12.8 Å². The number of piperidine rings is 1. The Kier molecular flexibility index (Phi) is 7.61. The van der Waals surface area contributed by atoms with Crippen LogP contribution in [0.15, 0.2) is 48.8 Å². The maximum Gasteiger partial charge on any atom is 0.255 e. The van der Waals surface area contributed by atoms with Gasteiger partial charge in [-0.2, -0.15) is 0 Å². The molecule has 0 bridgehead atoms. The van der Waals surface area contributed by atoms with Crippen molar-refractivity contribution in [1.82, 2.24) is 15.2 Å². The van der Waals surface area contributed by atoms with E-state index in [1.165, 1.54) is 5.56 Å². The van der Waals surface area contributed by atoms with E-state index in [1.54, 1.807) is 24.5 Å². The summed E-state index contributed by atoms with van der Waals surface area (Å²) in [6.07, 6.45) is 6.24. The van der Waals surface area contributed by atoms with Crippen LogP contribution in [0.3, 0.4) is 0 Å². The second kappa shape index (κ2) is 10.6. The van der Waals surface area contributed by atoms with Gasteiger partial charge in [0.1, 0.15) is 5.75 Å². The molecular formula is C23H29N3O3. The highest BCUT2D eigenvalue weighted by Gasteiger charge is 2.23. The van der Waals surface area contributed by atoms with Crippen molar-refractivity contribution in [2.24, 2.45) is 5.92 Å². The number of rotatable bonds is 8. The fraction of sp³-hybridized carbons (Fsp3) is 0.435. The van der Waals surface area contributed by atoms with Crippen LogP contribution in [0.4, 0.5) is 0 Å². The summed E-state index contributed by atoms with van der Waals surface area (Å²) in [4.78, 5) is 30.4. The van der Waals surface area contributed by atoms with Crippen LogP contribution in [0.25, 0.3) is 0 Å². The smallest absolute Gasteiger partial charge is 0.255 e. The standard InChI is InChI=1S/C23H29N3O3/c1-18-6-8-21(9-7-18)29-15-3-5-22(27)25-16-19-10-13-26(14-11-19)23(28)20-4-2-12-24-17-20/h2,4,6-9,12,17,19H,3,5,10-11,13-16H2,1H3,(H,25,27). The average molecular weight is 396 g/mol. The highest BCUT2D eigenvalue weighted by Crippen LogP contribution is 2.18. The van der Waals surface area contributed by atoms with Crippen LogP contribution in [0.2, 0.25) is 0 Å². The second-order valence-corrected chi connectivity index (χ2v) is 7.55. The van der Waals surface area contributed by atoms with Gasteiger partial charge < -0.3 is 15.0 Å². The molecule has 3 rings (SSSR count). The molecule has 1 aliphatic rings. The molecule has 0 saturated carbocycles. The summed E-state index contributed by atoms with van der Waals surface area (Å²) >= 11 is 0. The fourth-order valence-electron chi connectivity index (χ4n) is 3.42. The van der Waals surface area contributed by atoms with E-state index in [0.717, 1.165) is 31.7 Å². The normalized spacial score (nSPS) is 14.4. The molecule has 2 heterocycles. The number of benzene rings is 1. The van der Waals surface area contributed by atoms with Gasteiger partial charge in [-0.25, -0.2) is 0 Å². The molecule has 6 nitrogen and oxygen atoms in total. The van der Waals surface area contributed by atoms with Crippen LogP contribution < -0.4 is 10.1 Å². The molecule has 0 atom stereocenters. The van der Waals surface area contributed by atoms with Gasteiger partial charge in [0.25, 0.3) is 5.91 Å². The predicted octanol–water partition coefficient (Wildman–Crippen LogP) is 3.22. The summed E-state index contributed by atoms with van der Waals surface area (Å²) < 4.78 is 5.65. The SMILES string of the molecule is Cc1ccc(OCCCC(=O)NCC2CCN(C(=O)c3cccnc3)CC2)cc1. The number of aryl methyl sites for hydroxylation is 1. The average Bonchev–Trinajstić information content (AvgIpc) is 2.77. The summed E-state index contributed by atoms with van der Waals surface area (Å²) in [6.45, 7) is 4.69. The molecule has 1 aromatic heterocycles. The molecule has 1 aliphatic heterocycles. The van der Waals surface area contributed by atoms with Gasteiger partial charge in [-0.15, -0.1) is 0 Å². The van der Waals surface area contributed by atoms with E-state index in [1.807, 2.05) is 36.1 Å². The zero-order valence-corrected chi connectivity index (χ0v) is 17.0. The maximum absolute atomic E-state index is 12.4. The molecule has 2 aromatic rings. The largest absolute Gasteiger partial charge is 0.494 e. The Labute approximate surface area is 172 Å². The van der Waals surface area contributed by atoms with E-state index in [4.69, 9.17) is 4.74 Å². The van der Waals surface area contributed by atoms with Gasteiger partial charge in [-0.3, -0.25) is 14.6 Å². The molecule has 0 unspecified atom stereocenters. The number of ether oxygens (including phenoxy) is 1. The van der Waals surface area contributed by atoms with Crippen LogP contribution in [0.5, 0.6) is 5.75 Å². The number of likely N-dealkylation sites (tertiary alicyclic amines) is 1. The van der Waals surface area contributed by atoms with Crippen molar-refractivity contribution in [3.8, 4) is 5.75 Å². The number of amides is 2. The molecule has 1 fully saturated rings. The van der Waals surface area contributed by atoms with Gasteiger partial charge in [-0.05, 0) is 56.4 Å². The summed E-state index contributed by atoms with van der Waals surface area (Å²) in [5, 5.41) is 3.03. The van der Waals surface area contributed by atoms with Crippen LogP contribution in [-0.2, 0) is 4.79 Å². The van der Waals surface area contributed by atoms with E-state index in [9.17, 15) is 9.59 Å². The topological polar surface area (TPSA) is 71.5 Å². The van der Waals surface area contributed by atoms with E-state index in [-0.39, 0.29) is 11.8 Å². The molecular weight excluding hydrogens is 366 g/mol. The summed E-state index contributed by atoms with van der Waals surface area (Å²) in [6, 6.07) is 11.5. The lowest BCUT2D eigenvalue weighted by Gasteiger charge is -2.32. The molecule has 154 valence electrons. The lowest BCUT2D eigenvalue weighted by Crippen LogP contribution is -2.41. The summed E-state index contributed by atoms with van der Waals surface area (Å²) in [7, 11) is 0. The van der Waals surface area contributed by atoms with Crippen molar-refractivity contribution in [2.45, 2.75) is 32.6 Å². The van der Waals surface area contributed by atoms with E-state index in [0.29, 0.717) is 37.5 Å². The number of aromatic nitrogens is 1. The Hall–Kier alpha value is -2.89. The van der Waals surface area contributed by atoms with Crippen molar-refractivity contribution in [3.05, 3.63) is 59.9 Å². The Morgan fingerprint density at radius 1 is 1.17 bits per heavy atom. The monoisotopic (exact) mass is 395 g/mol. The molecule has 0 aliphatic carbocycles. The molecule has 0 radical (unpaired) electrons. The van der Waals surface area contributed by atoms with Gasteiger partial charge in [0, 0.05) is 38.4 Å². The first-order chi connectivity index (χ1) is 14.1. The van der Waals surface area contributed by atoms with Crippen LogP contribution in [0.1, 0.15) is 41.6 Å². The van der Waals surface area contributed by atoms with E-state index >= 15 is 0 Å². The summed E-state index contributed by atoms with van der Waals surface area (Å²) in [5.41, 5.74) is 1.83. The van der Waals surface area contributed by atoms with Gasteiger partial charge >= 0.3 is 0 Å². The molecule has 1 N–H and O–H groups in total. The molecule has 1 saturated heterocycles. The molecule has 29 heavy (non-hydrogen) atoms. The Balaban J connectivity index is 1.28. The Bertz CT molecular complexity index is 785. The van der Waals surface area contributed by atoms with E-state index < -0.39 is 0 Å². The number of carbonyl (C=O) groups excluding carboxylic acids is 2.